The number of nitrogens with zero attached hydrogens (tertiary/aromatic N) is 1. The smallest absolute Gasteiger partial charge is 0.251 e. The minimum absolute atomic E-state index is 0.0196. The van der Waals surface area contributed by atoms with Crippen LogP contribution in [0.2, 0.25) is 0 Å². The number of carbonyl (C=O) groups is 2. The van der Waals surface area contributed by atoms with E-state index in [1.807, 2.05) is 54.6 Å². The summed E-state index contributed by atoms with van der Waals surface area (Å²) in [6, 6.07) is 18.2. The SMILES string of the molecule is CC(C)c1ccc(N2C(=O)CC2(C=Cc2ccccc2)C(=O)NC2CCCCC2)cc1. The van der Waals surface area contributed by atoms with Crippen molar-refractivity contribution in [1.82, 2.24) is 5.32 Å². The first-order valence-corrected chi connectivity index (χ1v) is 11.5. The predicted octanol–water partition coefficient (Wildman–Crippen LogP) is 5.45. The van der Waals surface area contributed by atoms with Crippen LogP contribution in [-0.2, 0) is 9.59 Å². The molecule has 1 aliphatic heterocycles. The van der Waals surface area contributed by atoms with Crippen molar-refractivity contribution >= 4 is 23.6 Å². The Balaban J connectivity index is 1.66. The molecule has 162 valence electrons. The molecule has 4 nitrogen and oxygen atoms in total. The number of rotatable bonds is 6. The van der Waals surface area contributed by atoms with E-state index >= 15 is 0 Å². The molecule has 0 bridgehead atoms. The quantitative estimate of drug-likeness (QED) is 0.637. The molecular formula is C27H32N2O2. The third kappa shape index (κ3) is 4.43. The van der Waals surface area contributed by atoms with Gasteiger partial charge < -0.3 is 5.32 Å². The van der Waals surface area contributed by atoms with Crippen molar-refractivity contribution < 1.29 is 9.59 Å². The fraction of sp³-hybridized carbons (Fsp3) is 0.407. The molecule has 4 rings (SSSR count). The molecule has 1 aliphatic carbocycles. The van der Waals surface area contributed by atoms with Crippen LogP contribution in [0.4, 0.5) is 5.69 Å². The van der Waals surface area contributed by atoms with Gasteiger partial charge in [-0.05, 0) is 48.1 Å². The standard InChI is InChI=1S/C27H32N2O2/c1-20(2)22-13-15-24(16-14-22)29-25(30)19-27(29,18-17-21-9-5-3-6-10-21)26(31)28-23-11-7-4-8-12-23/h3,5-6,9-10,13-18,20,23H,4,7-8,11-12,19H2,1-2H3,(H,28,31). The van der Waals surface area contributed by atoms with E-state index in [-0.39, 0.29) is 24.3 Å². The highest BCUT2D eigenvalue weighted by atomic mass is 16.2. The van der Waals surface area contributed by atoms with Gasteiger partial charge in [-0.1, -0.05) is 81.7 Å². The third-order valence-electron chi connectivity index (χ3n) is 6.57. The molecule has 31 heavy (non-hydrogen) atoms. The van der Waals surface area contributed by atoms with Gasteiger partial charge in [-0.2, -0.15) is 0 Å². The molecule has 2 aromatic rings. The van der Waals surface area contributed by atoms with Crippen LogP contribution in [0.3, 0.4) is 0 Å². The Labute approximate surface area is 185 Å². The van der Waals surface area contributed by atoms with Crippen molar-refractivity contribution in [1.29, 1.82) is 0 Å². The summed E-state index contributed by atoms with van der Waals surface area (Å²) in [6.07, 6.45) is 9.64. The van der Waals surface area contributed by atoms with Gasteiger partial charge in [0.25, 0.3) is 5.91 Å². The van der Waals surface area contributed by atoms with Crippen molar-refractivity contribution in [3.05, 3.63) is 71.8 Å². The lowest BCUT2D eigenvalue weighted by atomic mass is 9.80. The highest BCUT2D eigenvalue weighted by Gasteiger charge is 2.55. The van der Waals surface area contributed by atoms with Crippen LogP contribution < -0.4 is 10.2 Å². The molecule has 4 heteroatoms. The zero-order valence-corrected chi connectivity index (χ0v) is 18.5. The minimum Gasteiger partial charge on any atom is -0.351 e. The molecule has 2 aliphatic rings. The van der Waals surface area contributed by atoms with Gasteiger partial charge in [0.15, 0.2) is 5.54 Å². The number of hydrogen-bond acceptors (Lipinski definition) is 2. The third-order valence-corrected chi connectivity index (χ3v) is 6.57. The van der Waals surface area contributed by atoms with E-state index in [1.54, 1.807) is 4.90 Å². The Bertz CT molecular complexity index is 943. The molecule has 1 saturated carbocycles. The summed E-state index contributed by atoms with van der Waals surface area (Å²) in [6.45, 7) is 4.29. The fourth-order valence-corrected chi connectivity index (χ4v) is 4.65. The number of β-lactam (4-membered cyclic amide) rings is 1. The van der Waals surface area contributed by atoms with E-state index in [2.05, 4.69) is 31.3 Å². The predicted molar refractivity (Wildman–Crippen MR) is 126 cm³/mol. The highest BCUT2D eigenvalue weighted by Crippen LogP contribution is 2.40. The van der Waals surface area contributed by atoms with Crippen molar-refractivity contribution in [3.63, 3.8) is 0 Å². The zero-order valence-electron chi connectivity index (χ0n) is 18.5. The first kappa shape index (κ1) is 21.4. The number of amides is 2. The van der Waals surface area contributed by atoms with Gasteiger partial charge in [-0.25, -0.2) is 0 Å². The molecule has 1 N–H and O–H groups in total. The van der Waals surface area contributed by atoms with Crippen molar-refractivity contribution in [3.8, 4) is 0 Å². The molecule has 1 atom stereocenters. The second kappa shape index (κ2) is 9.09. The summed E-state index contributed by atoms with van der Waals surface area (Å²) in [4.78, 5) is 28.0. The van der Waals surface area contributed by atoms with Crippen molar-refractivity contribution in [2.75, 3.05) is 4.90 Å². The maximum atomic E-state index is 13.6. The first-order valence-electron chi connectivity index (χ1n) is 11.5. The number of nitrogens with one attached hydrogen (secondary N) is 1. The van der Waals surface area contributed by atoms with Gasteiger partial charge in [0, 0.05) is 11.7 Å². The first-order chi connectivity index (χ1) is 15.0. The lowest BCUT2D eigenvalue weighted by molar-refractivity contribution is -0.137. The molecular weight excluding hydrogens is 384 g/mol. The second-order valence-electron chi connectivity index (χ2n) is 9.13. The lowest BCUT2D eigenvalue weighted by Gasteiger charge is -2.49. The average Bonchev–Trinajstić information content (AvgIpc) is 2.78. The summed E-state index contributed by atoms with van der Waals surface area (Å²) >= 11 is 0. The Morgan fingerprint density at radius 1 is 1.03 bits per heavy atom. The largest absolute Gasteiger partial charge is 0.351 e. The molecule has 1 saturated heterocycles. The minimum atomic E-state index is -0.982. The van der Waals surface area contributed by atoms with Gasteiger partial charge in [0.05, 0.1) is 6.42 Å². The van der Waals surface area contributed by atoms with Gasteiger partial charge >= 0.3 is 0 Å². The molecule has 0 radical (unpaired) electrons. The fourth-order valence-electron chi connectivity index (χ4n) is 4.65. The lowest BCUT2D eigenvalue weighted by Crippen LogP contribution is -2.70. The number of anilines is 1. The van der Waals surface area contributed by atoms with E-state index in [1.165, 1.54) is 12.0 Å². The summed E-state index contributed by atoms with van der Waals surface area (Å²) in [5.41, 5.74) is 2.02. The Morgan fingerprint density at radius 2 is 1.71 bits per heavy atom. The highest BCUT2D eigenvalue weighted by molar-refractivity contribution is 6.15. The van der Waals surface area contributed by atoms with Crippen molar-refractivity contribution in [2.45, 2.75) is 69.9 Å². The van der Waals surface area contributed by atoms with Crippen LogP contribution in [0.15, 0.2) is 60.7 Å². The van der Waals surface area contributed by atoms with Crippen LogP contribution in [0.25, 0.3) is 6.08 Å². The number of carbonyl (C=O) groups excluding carboxylic acids is 2. The maximum Gasteiger partial charge on any atom is 0.251 e. The van der Waals surface area contributed by atoms with Gasteiger partial charge in [0.2, 0.25) is 5.91 Å². The Kier molecular flexibility index (Phi) is 6.26. The molecule has 1 unspecified atom stereocenters. The molecule has 2 fully saturated rings. The van der Waals surface area contributed by atoms with E-state index < -0.39 is 5.54 Å². The van der Waals surface area contributed by atoms with E-state index in [9.17, 15) is 9.59 Å². The normalized spacial score (nSPS) is 22.0. The molecule has 2 aromatic carbocycles. The molecule has 0 spiro atoms. The zero-order chi connectivity index (χ0) is 21.8. The van der Waals surface area contributed by atoms with Crippen LogP contribution in [0, 0.1) is 0 Å². The summed E-state index contributed by atoms with van der Waals surface area (Å²) in [7, 11) is 0. The summed E-state index contributed by atoms with van der Waals surface area (Å²) < 4.78 is 0. The molecule has 0 aromatic heterocycles. The van der Waals surface area contributed by atoms with Crippen molar-refractivity contribution in [2.24, 2.45) is 0 Å². The van der Waals surface area contributed by atoms with Gasteiger partial charge in [-0.3, -0.25) is 14.5 Å². The van der Waals surface area contributed by atoms with Crippen LogP contribution in [0.5, 0.6) is 0 Å². The van der Waals surface area contributed by atoms with Crippen LogP contribution in [-0.4, -0.2) is 23.4 Å². The van der Waals surface area contributed by atoms with E-state index in [4.69, 9.17) is 0 Å². The maximum absolute atomic E-state index is 13.6. The van der Waals surface area contributed by atoms with Crippen LogP contribution >= 0.6 is 0 Å². The van der Waals surface area contributed by atoms with E-state index in [0.29, 0.717) is 5.92 Å². The number of benzene rings is 2. The van der Waals surface area contributed by atoms with Gasteiger partial charge in [0.1, 0.15) is 0 Å². The topological polar surface area (TPSA) is 49.4 Å². The Morgan fingerprint density at radius 3 is 2.32 bits per heavy atom. The second-order valence-corrected chi connectivity index (χ2v) is 9.13. The van der Waals surface area contributed by atoms with Crippen LogP contribution in [0.1, 0.15) is 69.4 Å². The number of hydrogen-bond donors (Lipinski definition) is 1. The molecule has 1 heterocycles. The molecule has 2 amide bonds. The van der Waals surface area contributed by atoms with Gasteiger partial charge in [-0.15, -0.1) is 0 Å². The summed E-state index contributed by atoms with van der Waals surface area (Å²) in [5.74, 6) is 0.325. The Hall–Kier alpha value is -2.88. The summed E-state index contributed by atoms with van der Waals surface area (Å²) in [5, 5.41) is 3.26. The van der Waals surface area contributed by atoms with E-state index in [0.717, 1.165) is 36.9 Å². The monoisotopic (exact) mass is 416 g/mol. The average molecular weight is 417 g/mol.